The first-order valence-corrected chi connectivity index (χ1v) is 6.27. The number of hydrogen-bond acceptors (Lipinski definition) is 1. The van der Waals surface area contributed by atoms with Gasteiger partial charge in [0.2, 0.25) is 0 Å². The van der Waals surface area contributed by atoms with E-state index in [4.69, 9.17) is 5.73 Å². The molecule has 1 aliphatic carbocycles. The minimum Gasteiger partial charge on any atom is -0.325 e. The van der Waals surface area contributed by atoms with E-state index < -0.39 is 0 Å². The van der Waals surface area contributed by atoms with E-state index in [0.29, 0.717) is 5.41 Å². The largest absolute Gasteiger partial charge is 0.325 e. The molecular formula is C13H27N. The number of nitrogens with two attached hydrogens (primary N) is 1. The summed E-state index contributed by atoms with van der Waals surface area (Å²) < 4.78 is 0. The van der Waals surface area contributed by atoms with Gasteiger partial charge in [-0.15, -0.1) is 0 Å². The molecule has 1 fully saturated rings. The third-order valence-corrected chi connectivity index (χ3v) is 4.13. The van der Waals surface area contributed by atoms with E-state index in [1.54, 1.807) is 0 Å². The first kappa shape index (κ1) is 12.0. The highest BCUT2D eigenvalue weighted by molar-refractivity contribution is 5.09. The van der Waals surface area contributed by atoms with Gasteiger partial charge in [0.05, 0.1) is 0 Å². The molecule has 14 heavy (non-hydrogen) atoms. The van der Waals surface area contributed by atoms with Crippen molar-refractivity contribution in [1.29, 1.82) is 0 Å². The zero-order chi connectivity index (χ0) is 10.8. The second kappa shape index (κ2) is 4.22. The molecule has 0 aromatic rings. The van der Waals surface area contributed by atoms with E-state index >= 15 is 0 Å². The summed E-state index contributed by atoms with van der Waals surface area (Å²) in [6.45, 7) is 9.03. The number of rotatable bonds is 6. The van der Waals surface area contributed by atoms with Crippen LogP contribution in [0.3, 0.4) is 0 Å². The molecule has 1 nitrogen and oxygen atoms in total. The topological polar surface area (TPSA) is 26.0 Å². The van der Waals surface area contributed by atoms with Gasteiger partial charge in [0.25, 0.3) is 0 Å². The van der Waals surface area contributed by atoms with Crippen LogP contribution < -0.4 is 5.73 Å². The lowest BCUT2D eigenvalue weighted by Crippen LogP contribution is -2.46. The second-order valence-corrected chi connectivity index (χ2v) is 5.65. The monoisotopic (exact) mass is 197 g/mol. The zero-order valence-corrected chi connectivity index (χ0v) is 10.4. The Labute approximate surface area is 89.5 Å². The van der Waals surface area contributed by atoms with Crippen LogP contribution >= 0.6 is 0 Å². The molecule has 0 spiro atoms. The van der Waals surface area contributed by atoms with Gasteiger partial charge in [-0.3, -0.25) is 0 Å². The van der Waals surface area contributed by atoms with E-state index in [9.17, 15) is 0 Å². The molecule has 2 N–H and O–H groups in total. The maximum Gasteiger partial charge on any atom is 0.0156 e. The van der Waals surface area contributed by atoms with Crippen molar-refractivity contribution in [2.75, 3.05) is 0 Å². The first-order valence-electron chi connectivity index (χ1n) is 6.27. The van der Waals surface area contributed by atoms with Crippen LogP contribution in [0.4, 0.5) is 0 Å². The summed E-state index contributed by atoms with van der Waals surface area (Å²) in [7, 11) is 0. The molecule has 1 saturated carbocycles. The lowest BCUT2D eigenvalue weighted by atomic mass is 9.71. The highest BCUT2D eigenvalue weighted by atomic mass is 14.8. The lowest BCUT2D eigenvalue weighted by Gasteiger charge is -2.38. The van der Waals surface area contributed by atoms with E-state index in [2.05, 4.69) is 27.7 Å². The highest BCUT2D eigenvalue weighted by Crippen LogP contribution is 2.60. The normalized spacial score (nSPS) is 20.1. The van der Waals surface area contributed by atoms with Crippen LogP contribution in [0.2, 0.25) is 0 Å². The molecule has 0 amide bonds. The Morgan fingerprint density at radius 1 is 1.14 bits per heavy atom. The molecule has 0 unspecified atom stereocenters. The van der Waals surface area contributed by atoms with Gasteiger partial charge in [-0.25, -0.2) is 0 Å². The van der Waals surface area contributed by atoms with E-state index in [0.717, 1.165) is 5.92 Å². The van der Waals surface area contributed by atoms with Crippen LogP contribution in [-0.2, 0) is 0 Å². The second-order valence-electron chi connectivity index (χ2n) is 5.65. The molecule has 0 heterocycles. The summed E-state index contributed by atoms with van der Waals surface area (Å²) in [6.07, 6.45) is 8.08. The van der Waals surface area contributed by atoms with Gasteiger partial charge in [0.15, 0.2) is 0 Å². The Morgan fingerprint density at radius 2 is 1.57 bits per heavy atom. The van der Waals surface area contributed by atoms with Gasteiger partial charge in [-0.2, -0.15) is 0 Å². The predicted molar refractivity (Wildman–Crippen MR) is 63.2 cm³/mol. The lowest BCUT2D eigenvalue weighted by molar-refractivity contribution is 0.167. The molecule has 1 heteroatoms. The Kier molecular flexibility index (Phi) is 3.63. The minimum atomic E-state index is 0.0298. The van der Waals surface area contributed by atoms with Crippen molar-refractivity contribution in [2.24, 2.45) is 17.1 Å². The summed E-state index contributed by atoms with van der Waals surface area (Å²) in [4.78, 5) is 0. The summed E-state index contributed by atoms with van der Waals surface area (Å²) in [5, 5.41) is 0. The van der Waals surface area contributed by atoms with E-state index in [-0.39, 0.29) is 5.54 Å². The molecule has 0 radical (unpaired) electrons. The van der Waals surface area contributed by atoms with Crippen LogP contribution in [0, 0.1) is 11.3 Å². The van der Waals surface area contributed by atoms with Gasteiger partial charge in [0, 0.05) is 5.54 Å². The average Bonchev–Trinajstić information content (AvgIpc) is 2.82. The predicted octanol–water partition coefficient (Wildman–Crippen LogP) is 3.72. The van der Waals surface area contributed by atoms with Gasteiger partial charge in [-0.05, 0) is 38.0 Å². The zero-order valence-electron chi connectivity index (χ0n) is 10.4. The van der Waals surface area contributed by atoms with Gasteiger partial charge >= 0.3 is 0 Å². The fourth-order valence-electron chi connectivity index (χ4n) is 3.11. The quantitative estimate of drug-likeness (QED) is 0.690. The highest BCUT2D eigenvalue weighted by Gasteiger charge is 2.56. The van der Waals surface area contributed by atoms with Gasteiger partial charge in [-0.1, -0.05) is 39.5 Å². The standard InChI is InChI=1S/C13H27N/c1-5-7-11(8-6-2)13(9-10-13)12(3,4)14/h11H,5-10,14H2,1-4H3. The van der Waals surface area contributed by atoms with Crippen molar-refractivity contribution in [2.45, 2.75) is 71.8 Å². The third-order valence-electron chi connectivity index (χ3n) is 4.13. The van der Waals surface area contributed by atoms with Crippen LogP contribution in [0.1, 0.15) is 66.2 Å². The summed E-state index contributed by atoms with van der Waals surface area (Å²) >= 11 is 0. The molecular weight excluding hydrogens is 170 g/mol. The summed E-state index contributed by atoms with van der Waals surface area (Å²) in [5.74, 6) is 0.873. The van der Waals surface area contributed by atoms with Crippen LogP contribution in [0.25, 0.3) is 0 Å². The van der Waals surface area contributed by atoms with Crippen molar-refractivity contribution in [3.05, 3.63) is 0 Å². The smallest absolute Gasteiger partial charge is 0.0156 e. The first-order chi connectivity index (χ1) is 6.48. The Bertz CT molecular complexity index is 168. The fourth-order valence-corrected chi connectivity index (χ4v) is 3.11. The molecule has 0 aromatic carbocycles. The van der Waals surface area contributed by atoms with Crippen LogP contribution in [-0.4, -0.2) is 5.54 Å². The molecule has 1 aliphatic rings. The van der Waals surface area contributed by atoms with Crippen molar-refractivity contribution in [3.8, 4) is 0 Å². The van der Waals surface area contributed by atoms with Crippen LogP contribution in [0.15, 0.2) is 0 Å². The maximum absolute atomic E-state index is 6.34. The molecule has 0 atom stereocenters. The van der Waals surface area contributed by atoms with Crippen molar-refractivity contribution < 1.29 is 0 Å². The Balaban J connectivity index is 2.67. The molecule has 0 aromatic heterocycles. The van der Waals surface area contributed by atoms with Crippen molar-refractivity contribution in [1.82, 2.24) is 0 Å². The molecule has 0 aliphatic heterocycles. The fraction of sp³-hybridized carbons (Fsp3) is 1.00. The van der Waals surface area contributed by atoms with E-state index in [1.165, 1.54) is 38.5 Å². The molecule has 1 rings (SSSR count). The molecule has 0 bridgehead atoms. The van der Waals surface area contributed by atoms with Crippen molar-refractivity contribution in [3.63, 3.8) is 0 Å². The minimum absolute atomic E-state index is 0.0298. The molecule has 0 saturated heterocycles. The SMILES string of the molecule is CCCC(CCC)C1(C(C)(C)N)CC1. The number of hydrogen-bond donors (Lipinski definition) is 1. The molecule has 84 valence electrons. The summed E-state index contributed by atoms with van der Waals surface area (Å²) in [5.41, 5.74) is 6.85. The Morgan fingerprint density at radius 3 is 1.79 bits per heavy atom. The van der Waals surface area contributed by atoms with Gasteiger partial charge in [0.1, 0.15) is 0 Å². The van der Waals surface area contributed by atoms with Crippen molar-refractivity contribution >= 4 is 0 Å². The van der Waals surface area contributed by atoms with E-state index in [1.807, 2.05) is 0 Å². The summed E-state index contributed by atoms with van der Waals surface area (Å²) in [6, 6.07) is 0. The van der Waals surface area contributed by atoms with Crippen LogP contribution in [0.5, 0.6) is 0 Å². The average molecular weight is 197 g/mol. The third kappa shape index (κ3) is 2.13. The van der Waals surface area contributed by atoms with Gasteiger partial charge < -0.3 is 5.73 Å². The maximum atomic E-state index is 6.34. The Hall–Kier alpha value is -0.0400.